The van der Waals surface area contributed by atoms with E-state index < -0.39 is 0 Å². The van der Waals surface area contributed by atoms with Crippen LogP contribution in [0.15, 0.2) is 23.1 Å². The summed E-state index contributed by atoms with van der Waals surface area (Å²) in [4.78, 5) is 15.5. The fourth-order valence-electron chi connectivity index (χ4n) is 1.19. The van der Waals surface area contributed by atoms with Crippen molar-refractivity contribution in [3.63, 3.8) is 0 Å². The van der Waals surface area contributed by atoms with Crippen LogP contribution in [0.25, 0.3) is 0 Å². The predicted octanol–water partition coefficient (Wildman–Crippen LogP) is 1.88. The highest BCUT2D eigenvalue weighted by Crippen LogP contribution is 2.12. The Morgan fingerprint density at radius 3 is 3.00 bits per heavy atom. The average Bonchev–Trinajstić information content (AvgIpc) is 2.65. The van der Waals surface area contributed by atoms with Gasteiger partial charge in [0.25, 0.3) is 0 Å². The van der Waals surface area contributed by atoms with Crippen molar-refractivity contribution in [1.29, 1.82) is 0 Å². The van der Waals surface area contributed by atoms with Crippen LogP contribution in [0.4, 0.5) is 5.82 Å². The molecular formula is C9H10BrN5. The van der Waals surface area contributed by atoms with Crippen LogP contribution < -0.4 is 5.32 Å². The van der Waals surface area contributed by atoms with E-state index >= 15 is 0 Å². The number of aryl methyl sites for hydroxylation is 1. The minimum Gasteiger partial charge on any atom is -0.363 e. The number of hydrogen-bond acceptors (Lipinski definition) is 4. The van der Waals surface area contributed by atoms with Gasteiger partial charge in [0.15, 0.2) is 0 Å². The molecule has 2 rings (SSSR count). The molecule has 0 fully saturated rings. The maximum Gasteiger partial charge on any atom is 0.131 e. The van der Waals surface area contributed by atoms with Gasteiger partial charge in [-0.1, -0.05) is 0 Å². The number of halogens is 1. The first-order valence-corrected chi connectivity index (χ1v) is 5.26. The molecule has 0 radical (unpaired) electrons. The molecule has 0 saturated carbocycles. The third-order valence-corrected chi connectivity index (χ3v) is 2.20. The fraction of sp³-hybridized carbons (Fsp3) is 0.222. The van der Waals surface area contributed by atoms with Crippen LogP contribution in [0, 0.1) is 6.92 Å². The second-order valence-electron chi connectivity index (χ2n) is 3.01. The molecule has 0 unspecified atom stereocenters. The highest BCUT2D eigenvalue weighted by Gasteiger charge is 2.00. The highest BCUT2D eigenvalue weighted by molar-refractivity contribution is 9.10. The van der Waals surface area contributed by atoms with Gasteiger partial charge in [-0.05, 0) is 22.9 Å². The standard InChI is InChI=1S/C9H10BrN5/c1-6-14-7(10)4-8(15-6)13-5-9-11-2-3-12-9/h2-4H,5H2,1H3,(H,11,12)(H,13,14,15). The molecule has 6 heteroatoms. The number of imidazole rings is 1. The zero-order valence-corrected chi connectivity index (χ0v) is 9.74. The van der Waals surface area contributed by atoms with E-state index in [0.717, 1.165) is 22.1 Å². The van der Waals surface area contributed by atoms with E-state index in [4.69, 9.17) is 0 Å². The van der Waals surface area contributed by atoms with Crippen molar-refractivity contribution in [1.82, 2.24) is 19.9 Å². The van der Waals surface area contributed by atoms with E-state index in [1.54, 1.807) is 12.4 Å². The molecule has 0 atom stereocenters. The molecule has 2 aromatic heterocycles. The Morgan fingerprint density at radius 2 is 2.33 bits per heavy atom. The SMILES string of the molecule is Cc1nc(Br)cc(NCc2ncc[nH]2)n1. The Balaban J connectivity index is 2.05. The molecule has 5 nitrogen and oxygen atoms in total. The number of nitrogens with zero attached hydrogens (tertiary/aromatic N) is 3. The minimum atomic E-state index is 0.621. The Morgan fingerprint density at radius 1 is 1.47 bits per heavy atom. The lowest BCUT2D eigenvalue weighted by Crippen LogP contribution is -2.04. The zero-order valence-electron chi connectivity index (χ0n) is 8.16. The Labute approximate surface area is 95.5 Å². The lowest BCUT2D eigenvalue weighted by Gasteiger charge is -2.04. The quantitative estimate of drug-likeness (QED) is 0.834. The third-order valence-electron chi connectivity index (χ3n) is 1.80. The molecule has 2 N–H and O–H groups in total. The second kappa shape index (κ2) is 4.39. The van der Waals surface area contributed by atoms with Crippen LogP contribution in [-0.2, 0) is 6.54 Å². The molecule has 0 amide bonds. The van der Waals surface area contributed by atoms with Crippen LogP contribution in [0.2, 0.25) is 0 Å². The molecule has 0 spiro atoms. The molecule has 2 aromatic rings. The van der Waals surface area contributed by atoms with E-state index in [1.807, 2.05) is 13.0 Å². The van der Waals surface area contributed by atoms with Gasteiger partial charge in [0.2, 0.25) is 0 Å². The van der Waals surface area contributed by atoms with Crippen molar-refractivity contribution < 1.29 is 0 Å². The molecule has 0 aliphatic heterocycles. The van der Waals surface area contributed by atoms with Crippen molar-refractivity contribution in [2.24, 2.45) is 0 Å². The monoisotopic (exact) mass is 267 g/mol. The maximum atomic E-state index is 4.24. The normalized spacial score (nSPS) is 10.3. The summed E-state index contributed by atoms with van der Waals surface area (Å²) in [5.74, 6) is 2.39. The van der Waals surface area contributed by atoms with E-state index in [2.05, 4.69) is 41.2 Å². The van der Waals surface area contributed by atoms with Gasteiger partial charge in [-0.25, -0.2) is 15.0 Å². The van der Waals surface area contributed by atoms with Gasteiger partial charge < -0.3 is 10.3 Å². The minimum absolute atomic E-state index is 0.621. The largest absolute Gasteiger partial charge is 0.363 e. The summed E-state index contributed by atoms with van der Waals surface area (Å²) in [7, 11) is 0. The Bertz CT molecular complexity index is 420. The first-order valence-electron chi connectivity index (χ1n) is 4.47. The number of hydrogen-bond donors (Lipinski definition) is 2. The molecule has 0 saturated heterocycles. The van der Waals surface area contributed by atoms with Crippen LogP contribution >= 0.6 is 15.9 Å². The molecule has 15 heavy (non-hydrogen) atoms. The van der Waals surface area contributed by atoms with Gasteiger partial charge in [0.05, 0.1) is 6.54 Å². The van der Waals surface area contributed by atoms with E-state index in [1.165, 1.54) is 0 Å². The predicted molar refractivity (Wildman–Crippen MR) is 60.4 cm³/mol. The van der Waals surface area contributed by atoms with Gasteiger partial charge in [-0.15, -0.1) is 0 Å². The molecule has 0 aliphatic carbocycles. The number of H-pyrrole nitrogens is 1. The summed E-state index contributed by atoms with van der Waals surface area (Å²) < 4.78 is 0.775. The van der Waals surface area contributed by atoms with Crippen LogP contribution in [0.5, 0.6) is 0 Å². The number of rotatable bonds is 3. The molecule has 2 heterocycles. The van der Waals surface area contributed by atoms with Crippen molar-refractivity contribution in [2.45, 2.75) is 13.5 Å². The van der Waals surface area contributed by atoms with E-state index in [-0.39, 0.29) is 0 Å². The Hall–Kier alpha value is -1.43. The van der Waals surface area contributed by atoms with Gasteiger partial charge in [0, 0.05) is 18.5 Å². The maximum absolute atomic E-state index is 4.24. The first-order chi connectivity index (χ1) is 7.24. The second-order valence-corrected chi connectivity index (χ2v) is 3.83. The molecule has 0 aromatic carbocycles. The van der Waals surface area contributed by atoms with Crippen LogP contribution in [-0.4, -0.2) is 19.9 Å². The van der Waals surface area contributed by atoms with Gasteiger partial charge in [0.1, 0.15) is 22.1 Å². The molecule has 0 aliphatic rings. The number of aromatic amines is 1. The summed E-state index contributed by atoms with van der Waals surface area (Å²) in [6.45, 7) is 2.47. The summed E-state index contributed by atoms with van der Waals surface area (Å²) in [6, 6.07) is 1.83. The third kappa shape index (κ3) is 2.76. The summed E-state index contributed by atoms with van der Waals surface area (Å²) in [6.07, 6.45) is 3.51. The number of anilines is 1. The average molecular weight is 268 g/mol. The summed E-state index contributed by atoms with van der Waals surface area (Å²) in [5.41, 5.74) is 0. The van der Waals surface area contributed by atoms with Crippen molar-refractivity contribution in [3.05, 3.63) is 34.7 Å². The van der Waals surface area contributed by atoms with Crippen molar-refractivity contribution in [3.8, 4) is 0 Å². The topological polar surface area (TPSA) is 66.5 Å². The number of nitrogens with one attached hydrogen (secondary N) is 2. The molecule has 78 valence electrons. The van der Waals surface area contributed by atoms with Crippen molar-refractivity contribution >= 4 is 21.7 Å². The lowest BCUT2D eigenvalue weighted by atomic mass is 10.5. The van der Waals surface area contributed by atoms with Crippen LogP contribution in [0.3, 0.4) is 0 Å². The summed E-state index contributed by atoms with van der Waals surface area (Å²) >= 11 is 3.32. The fourth-order valence-corrected chi connectivity index (χ4v) is 1.66. The zero-order chi connectivity index (χ0) is 10.7. The van der Waals surface area contributed by atoms with Gasteiger partial charge in [-0.3, -0.25) is 0 Å². The highest BCUT2D eigenvalue weighted by atomic mass is 79.9. The smallest absolute Gasteiger partial charge is 0.131 e. The first kappa shape index (κ1) is 10.1. The Kier molecular flexibility index (Phi) is 2.96. The molecule has 0 bridgehead atoms. The van der Waals surface area contributed by atoms with Gasteiger partial charge in [-0.2, -0.15) is 0 Å². The van der Waals surface area contributed by atoms with E-state index in [0.29, 0.717) is 6.54 Å². The van der Waals surface area contributed by atoms with Gasteiger partial charge >= 0.3 is 0 Å². The van der Waals surface area contributed by atoms with Crippen molar-refractivity contribution in [2.75, 3.05) is 5.32 Å². The molecular weight excluding hydrogens is 258 g/mol. The van der Waals surface area contributed by atoms with Crippen LogP contribution in [0.1, 0.15) is 11.6 Å². The number of aromatic nitrogens is 4. The lowest BCUT2D eigenvalue weighted by molar-refractivity contribution is 0.962. The summed E-state index contributed by atoms with van der Waals surface area (Å²) in [5, 5.41) is 3.15. The van der Waals surface area contributed by atoms with E-state index in [9.17, 15) is 0 Å².